The average Bonchev–Trinajstić information content (AvgIpc) is 3.01. The largest absolute Gasteiger partial charge is 0.391 e. The van der Waals surface area contributed by atoms with E-state index >= 15 is 0 Å². The van der Waals surface area contributed by atoms with Crippen molar-refractivity contribution in [2.24, 2.45) is 10.9 Å². The van der Waals surface area contributed by atoms with Crippen molar-refractivity contribution in [2.75, 3.05) is 0 Å². The van der Waals surface area contributed by atoms with Gasteiger partial charge in [-0.05, 0) is 54.9 Å². The molecule has 0 heterocycles. The van der Waals surface area contributed by atoms with Crippen molar-refractivity contribution in [1.29, 1.82) is 0 Å². The number of carbonyl (C=O) groups excluding carboxylic acids is 1. The molecule has 130 valence electrons. The zero-order valence-corrected chi connectivity index (χ0v) is 13.8. The minimum absolute atomic E-state index is 0.0817. The molecule has 25 heavy (non-hydrogen) atoms. The summed E-state index contributed by atoms with van der Waals surface area (Å²) in [5, 5.41) is 0. The van der Waals surface area contributed by atoms with Gasteiger partial charge in [0.05, 0.1) is 11.6 Å². The molecule has 0 bridgehead atoms. The standard InChI is InChI=1S/C20H18F3NO/c1-13-3-2-4-15(9-13)19-11-16(20(21,22)23)10-18(19)14-5-7-17(8-6-14)24-12-25/h2-9,16,18-19H,10-11H2,1H3. The van der Waals surface area contributed by atoms with Gasteiger partial charge in [-0.15, -0.1) is 0 Å². The average molecular weight is 345 g/mol. The number of hydrogen-bond acceptors (Lipinski definition) is 2. The molecule has 0 amide bonds. The highest BCUT2D eigenvalue weighted by Gasteiger charge is 2.48. The molecule has 0 spiro atoms. The molecule has 1 saturated carbocycles. The Balaban J connectivity index is 1.96. The summed E-state index contributed by atoms with van der Waals surface area (Å²) in [6.07, 6.45) is -2.53. The molecule has 1 aliphatic rings. The summed E-state index contributed by atoms with van der Waals surface area (Å²) in [6.45, 7) is 1.95. The van der Waals surface area contributed by atoms with Crippen LogP contribution >= 0.6 is 0 Å². The van der Waals surface area contributed by atoms with Crippen molar-refractivity contribution in [3.05, 3.63) is 65.2 Å². The number of halogens is 3. The molecule has 2 aromatic rings. The first-order valence-corrected chi connectivity index (χ1v) is 8.19. The molecule has 3 atom stereocenters. The van der Waals surface area contributed by atoms with Crippen LogP contribution < -0.4 is 0 Å². The summed E-state index contributed by atoms with van der Waals surface area (Å²) in [5.41, 5.74) is 3.30. The molecule has 3 rings (SSSR count). The Morgan fingerprint density at radius 1 is 1.00 bits per heavy atom. The second kappa shape index (κ2) is 6.85. The second-order valence-corrected chi connectivity index (χ2v) is 6.63. The van der Waals surface area contributed by atoms with E-state index < -0.39 is 12.1 Å². The third-order valence-corrected chi connectivity index (χ3v) is 4.99. The maximum absolute atomic E-state index is 13.3. The fourth-order valence-corrected chi connectivity index (χ4v) is 3.79. The molecular formula is C20H18F3NO. The van der Waals surface area contributed by atoms with E-state index in [-0.39, 0.29) is 24.7 Å². The van der Waals surface area contributed by atoms with Gasteiger partial charge in [0.25, 0.3) is 0 Å². The van der Waals surface area contributed by atoms with Crippen LogP contribution in [-0.2, 0) is 4.79 Å². The van der Waals surface area contributed by atoms with Gasteiger partial charge in [-0.1, -0.05) is 42.0 Å². The Morgan fingerprint density at radius 2 is 1.64 bits per heavy atom. The predicted molar refractivity (Wildman–Crippen MR) is 89.7 cm³/mol. The fourth-order valence-electron chi connectivity index (χ4n) is 3.79. The molecule has 3 unspecified atom stereocenters. The van der Waals surface area contributed by atoms with E-state index in [1.807, 2.05) is 31.2 Å². The first kappa shape index (κ1) is 17.4. The minimum Gasteiger partial charge on any atom is -0.211 e. The van der Waals surface area contributed by atoms with Crippen LogP contribution in [0.4, 0.5) is 18.9 Å². The number of aryl methyl sites for hydroxylation is 1. The molecule has 0 saturated heterocycles. The van der Waals surface area contributed by atoms with Crippen LogP contribution in [0.2, 0.25) is 0 Å². The molecule has 1 fully saturated rings. The molecule has 5 heteroatoms. The van der Waals surface area contributed by atoms with E-state index in [0.29, 0.717) is 5.69 Å². The smallest absolute Gasteiger partial charge is 0.211 e. The highest BCUT2D eigenvalue weighted by Crippen LogP contribution is 2.53. The third-order valence-electron chi connectivity index (χ3n) is 4.99. The van der Waals surface area contributed by atoms with E-state index in [4.69, 9.17) is 0 Å². The lowest BCUT2D eigenvalue weighted by atomic mass is 9.83. The summed E-state index contributed by atoms with van der Waals surface area (Å²) in [7, 11) is 0. The number of rotatable bonds is 3. The maximum atomic E-state index is 13.3. The van der Waals surface area contributed by atoms with Gasteiger partial charge < -0.3 is 0 Å². The Morgan fingerprint density at radius 3 is 2.20 bits per heavy atom. The van der Waals surface area contributed by atoms with Crippen LogP contribution in [0.15, 0.2) is 53.5 Å². The molecule has 2 aromatic carbocycles. The van der Waals surface area contributed by atoms with E-state index in [9.17, 15) is 18.0 Å². The first-order valence-electron chi connectivity index (χ1n) is 8.19. The van der Waals surface area contributed by atoms with Gasteiger partial charge in [-0.3, -0.25) is 0 Å². The van der Waals surface area contributed by atoms with Gasteiger partial charge in [-0.25, -0.2) is 4.79 Å². The lowest BCUT2D eigenvalue weighted by Gasteiger charge is -2.21. The van der Waals surface area contributed by atoms with Crippen molar-refractivity contribution < 1.29 is 18.0 Å². The number of nitrogens with zero attached hydrogens (tertiary/aromatic N) is 1. The molecule has 0 N–H and O–H groups in total. The monoisotopic (exact) mass is 345 g/mol. The molecule has 0 radical (unpaired) electrons. The summed E-state index contributed by atoms with van der Waals surface area (Å²) < 4.78 is 40.0. The minimum atomic E-state index is -4.18. The van der Waals surface area contributed by atoms with Gasteiger partial charge >= 0.3 is 6.18 Å². The highest BCUT2D eigenvalue weighted by atomic mass is 19.4. The Hall–Kier alpha value is -2.39. The summed E-state index contributed by atoms with van der Waals surface area (Å²) in [6, 6.07) is 14.6. The van der Waals surface area contributed by atoms with Crippen molar-refractivity contribution in [1.82, 2.24) is 0 Å². The Labute approximate surface area is 144 Å². The number of alkyl halides is 3. The number of benzene rings is 2. The number of hydrogen-bond donors (Lipinski definition) is 0. The summed E-state index contributed by atoms with van der Waals surface area (Å²) in [4.78, 5) is 13.9. The highest BCUT2D eigenvalue weighted by molar-refractivity contribution is 5.49. The van der Waals surface area contributed by atoms with Gasteiger partial charge in [0, 0.05) is 0 Å². The van der Waals surface area contributed by atoms with E-state index in [1.165, 1.54) is 6.08 Å². The molecule has 2 nitrogen and oxygen atoms in total. The number of aliphatic imine (C=N–C) groups is 1. The maximum Gasteiger partial charge on any atom is 0.391 e. The van der Waals surface area contributed by atoms with Gasteiger partial charge in [-0.2, -0.15) is 18.2 Å². The van der Waals surface area contributed by atoms with Crippen LogP contribution in [-0.4, -0.2) is 12.3 Å². The third kappa shape index (κ3) is 3.83. The zero-order chi connectivity index (χ0) is 18.0. The van der Waals surface area contributed by atoms with Crippen LogP contribution in [0.5, 0.6) is 0 Å². The van der Waals surface area contributed by atoms with Gasteiger partial charge in [0.2, 0.25) is 6.08 Å². The normalized spacial score (nSPS) is 23.3. The summed E-state index contributed by atoms with van der Waals surface area (Å²) in [5.74, 6) is -1.68. The SMILES string of the molecule is Cc1cccc(C2CC(C(F)(F)F)CC2c2ccc(N=C=O)cc2)c1. The van der Waals surface area contributed by atoms with Crippen molar-refractivity contribution in [2.45, 2.75) is 37.8 Å². The predicted octanol–water partition coefficient (Wildman–Crippen LogP) is 5.80. The van der Waals surface area contributed by atoms with Crippen LogP contribution in [0, 0.1) is 12.8 Å². The lowest BCUT2D eigenvalue weighted by Crippen LogP contribution is -2.20. The lowest BCUT2D eigenvalue weighted by molar-refractivity contribution is -0.172. The molecule has 0 aliphatic heterocycles. The van der Waals surface area contributed by atoms with Crippen molar-refractivity contribution >= 4 is 11.8 Å². The van der Waals surface area contributed by atoms with E-state index in [2.05, 4.69) is 4.99 Å². The first-order chi connectivity index (χ1) is 11.9. The second-order valence-electron chi connectivity index (χ2n) is 6.63. The van der Waals surface area contributed by atoms with Crippen molar-refractivity contribution in [3.63, 3.8) is 0 Å². The topological polar surface area (TPSA) is 29.4 Å². The quantitative estimate of drug-likeness (QED) is 0.510. The van der Waals surface area contributed by atoms with E-state index in [0.717, 1.165) is 16.7 Å². The Kier molecular flexibility index (Phi) is 4.78. The van der Waals surface area contributed by atoms with Crippen LogP contribution in [0.3, 0.4) is 0 Å². The Bertz CT molecular complexity index is 791. The van der Waals surface area contributed by atoms with Gasteiger partial charge in [0.15, 0.2) is 0 Å². The molecule has 1 aliphatic carbocycles. The fraction of sp³-hybridized carbons (Fsp3) is 0.350. The number of isocyanates is 1. The van der Waals surface area contributed by atoms with Crippen LogP contribution in [0.1, 0.15) is 41.4 Å². The summed E-state index contributed by atoms with van der Waals surface area (Å²) >= 11 is 0. The molecule has 0 aromatic heterocycles. The van der Waals surface area contributed by atoms with Gasteiger partial charge in [0.1, 0.15) is 0 Å². The zero-order valence-electron chi connectivity index (χ0n) is 13.8. The van der Waals surface area contributed by atoms with Crippen LogP contribution in [0.25, 0.3) is 0 Å². The molecular weight excluding hydrogens is 327 g/mol. The van der Waals surface area contributed by atoms with Crippen molar-refractivity contribution in [3.8, 4) is 0 Å². The van der Waals surface area contributed by atoms with E-state index in [1.54, 1.807) is 24.3 Å².